The molecule has 0 aliphatic heterocycles. The zero-order valence-corrected chi connectivity index (χ0v) is 12.1. The van der Waals surface area contributed by atoms with Crippen LogP contribution in [0.1, 0.15) is 24.5 Å². The molecule has 0 unspecified atom stereocenters. The monoisotopic (exact) mass is 294 g/mol. The van der Waals surface area contributed by atoms with Gasteiger partial charge in [0.1, 0.15) is 5.82 Å². The highest BCUT2D eigenvalue weighted by atomic mass is 32.2. The van der Waals surface area contributed by atoms with Crippen molar-refractivity contribution in [3.05, 3.63) is 41.6 Å². The van der Waals surface area contributed by atoms with Gasteiger partial charge in [0.25, 0.3) is 0 Å². The third-order valence-electron chi connectivity index (χ3n) is 2.98. The fourth-order valence-corrected chi connectivity index (χ4v) is 2.85. The van der Waals surface area contributed by atoms with Gasteiger partial charge < -0.3 is 5.73 Å². The van der Waals surface area contributed by atoms with Crippen molar-refractivity contribution in [2.45, 2.75) is 31.2 Å². The summed E-state index contributed by atoms with van der Waals surface area (Å²) in [6.07, 6.45) is 3.48. The third kappa shape index (κ3) is 3.37. The maximum absolute atomic E-state index is 12.1. The Morgan fingerprint density at radius 1 is 1.30 bits per heavy atom. The molecule has 0 bridgehead atoms. The standard InChI is InChI=1S/C13H18N4O2S/c1-2-3-10-4-6-12(7-5-10)20(18,19)16-9-11-8-15-17-13(11)14/h4-8,16H,2-3,9H2,1H3,(H3,14,15,17). The second-order valence-electron chi connectivity index (χ2n) is 4.53. The Morgan fingerprint density at radius 3 is 2.55 bits per heavy atom. The van der Waals surface area contributed by atoms with E-state index in [1.165, 1.54) is 6.20 Å². The number of sulfonamides is 1. The Morgan fingerprint density at radius 2 is 2.00 bits per heavy atom. The summed E-state index contributed by atoms with van der Waals surface area (Å²) in [5.74, 6) is 0.367. The number of aromatic nitrogens is 2. The van der Waals surface area contributed by atoms with Gasteiger partial charge in [0.15, 0.2) is 0 Å². The topological polar surface area (TPSA) is 101 Å². The third-order valence-corrected chi connectivity index (χ3v) is 4.39. The Labute approximate surface area is 118 Å². The van der Waals surface area contributed by atoms with Gasteiger partial charge in [0.05, 0.1) is 11.1 Å². The molecule has 6 nitrogen and oxygen atoms in total. The first-order chi connectivity index (χ1) is 9.53. The first kappa shape index (κ1) is 14.5. The molecular weight excluding hydrogens is 276 g/mol. The first-order valence-corrected chi connectivity index (χ1v) is 7.87. The summed E-state index contributed by atoms with van der Waals surface area (Å²) in [6.45, 7) is 2.20. The molecule has 2 rings (SSSR count). The maximum atomic E-state index is 12.1. The number of hydrogen-bond donors (Lipinski definition) is 3. The largest absolute Gasteiger partial charge is 0.384 e. The summed E-state index contributed by atoms with van der Waals surface area (Å²) < 4.78 is 26.8. The molecule has 7 heteroatoms. The molecule has 0 saturated carbocycles. The minimum absolute atomic E-state index is 0.112. The SMILES string of the molecule is CCCc1ccc(S(=O)(=O)NCc2cn[nH]c2N)cc1. The van der Waals surface area contributed by atoms with Gasteiger partial charge >= 0.3 is 0 Å². The van der Waals surface area contributed by atoms with Gasteiger partial charge in [-0.2, -0.15) is 5.10 Å². The molecule has 4 N–H and O–H groups in total. The highest BCUT2D eigenvalue weighted by Gasteiger charge is 2.14. The molecule has 0 aliphatic rings. The van der Waals surface area contributed by atoms with E-state index in [4.69, 9.17) is 5.73 Å². The van der Waals surface area contributed by atoms with Crippen molar-refractivity contribution in [2.75, 3.05) is 5.73 Å². The lowest BCUT2D eigenvalue weighted by atomic mass is 10.1. The van der Waals surface area contributed by atoms with Gasteiger partial charge in [0.2, 0.25) is 10.0 Å². The number of nitrogens with two attached hydrogens (primary N) is 1. The van der Waals surface area contributed by atoms with Crippen LogP contribution in [0.4, 0.5) is 5.82 Å². The molecule has 108 valence electrons. The van der Waals surface area contributed by atoms with Gasteiger partial charge in [-0.3, -0.25) is 5.10 Å². The van der Waals surface area contributed by atoms with E-state index in [1.807, 2.05) is 12.1 Å². The Kier molecular flexibility index (Phi) is 4.41. The number of nitrogen functional groups attached to an aromatic ring is 1. The molecule has 0 saturated heterocycles. The van der Waals surface area contributed by atoms with Gasteiger partial charge in [-0.25, -0.2) is 13.1 Å². The normalized spacial score (nSPS) is 11.7. The number of H-pyrrole nitrogens is 1. The highest BCUT2D eigenvalue weighted by molar-refractivity contribution is 7.89. The molecule has 0 atom stereocenters. The predicted octanol–water partition coefficient (Wildman–Crippen LogP) is 1.42. The smallest absolute Gasteiger partial charge is 0.240 e. The lowest BCUT2D eigenvalue weighted by Gasteiger charge is -2.07. The molecule has 0 radical (unpaired) electrons. The van der Waals surface area contributed by atoms with Gasteiger partial charge in [-0.05, 0) is 24.1 Å². The number of aromatic amines is 1. The number of benzene rings is 1. The number of hydrogen-bond acceptors (Lipinski definition) is 4. The number of nitrogens with one attached hydrogen (secondary N) is 2. The van der Waals surface area contributed by atoms with E-state index in [0.717, 1.165) is 18.4 Å². The van der Waals surface area contributed by atoms with Crippen LogP contribution in [0, 0.1) is 0 Å². The van der Waals surface area contributed by atoms with Gasteiger partial charge in [0, 0.05) is 12.1 Å². The van der Waals surface area contributed by atoms with Crippen molar-refractivity contribution in [3.8, 4) is 0 Å². The highest BCUT2D eigenvalue weighted by Crippen LogP contribution is 2.13. The summed E-state index contributed by atoms with van der Waals surface area (Å²) >= 11 is 0. The van der Waals surface area contributed by atoms with Crippen molar-refractivity contribution in [1.29, 1.82) is 0 Å². The summed E-state index contributed by atoms with van der Waals surface area (Å²) in [4.78, 5) is 0.249. The molecule has 2 aromatic rings. The molecule has 0 spiro atoms. The first-order valence-electron chi connectivity index (χ1n) is 6.39. The fourth-order valence-electron chi connectivity index (χ4n) is 1.84. The molecule has 0 amide bonds. The Hall–Kier alpha value is -1.86. The van der Waals surface area contributed by atoms with Crippen molar-refractivity contribution in [1.82, 2.24) is 14.9 Å². The van der Waals surface area contributed by atoms with Crippen LogP contribution in [0.25, 0.3) is 0 Å². The van der Waals surface area contributed by atoms with Crippen molar-refractivity contribution < 1.29 is 8.42 Å². The van der Waals surface area contributed by atoms with Gasteiger partial charge in [-0.1, -0.05) is 25.5 Å². The second kappa shape index (κ2) is 6.06. The fraction of sp³-hybridized carbons (Fsp3) is 0.308. The summed E-state index contributed by atoms with van der Waals surface area (Å²) in [6, 6.07) is 6.91. The average Bonchev–Trinajstić information content (AvgIpc) is 2.83. The van der Waals surface area contributed by atoms with Crippen molar-refractivity contribution in [2.24, 2.45) is 0 Å². The minimum atomic E-state index is -3.53. The van der Waals surface area contributed by atoms with E-state index in [9.17, 15) is 8.42 Å². The van der Waals surface area contributed by atoms with Crippen LogP contribution < -0.4 is 10.5 Å². The van der Waals surface area contributed by atoms with Crippen LogP contribution in [0.5, 0.6) is 0 Å². The molecule has 0 aliphatic carbocycles. The minimum Gasteiger partial charge on any atom is -0.384 e. The van der Waals surface area contributed by atoms with Crippen LogP contribution in [-0.4, -0.2) is 18.6 Å². The molecule has 20 heavy (non-hydrogen) atoms. The molecular formula is C13H18N4O2S. The summed E-state index contributed by atoms with van der Waals surface area (Å²) in [5, 5.41) is 6.30. The molecule has 1 heterocycles. The van der Waals surface area contributed by atoms with E-state index in [1.54, 1.807) is 12.1 Å². The van der Waals surface area contributed by atoms with Crippen molar-refractivity contribution >= 4 is 15.8 Å². The molecule has 1 aromatic heterocycles. The average molecular weight is 294 g/mol. The number of anilines is 1. The van der Waals surface area contributed by atoms with Crippen LogP contribution in [0.2, 0.25) is 0 Å². The Bertz CT molecular complexity index is 662. The molecule has 0 fully saturated rings. The van der Waals surface area contributed by atoms with E-state index in [0.29, 0.717) is 11.4 Å². The molecule has 1 aromatic carbocycles. The van der Waals surface area contributed by atoms with E-state index >= 15 is 0 Å². The van der Waals surface area contributed by atoms with Crippen LogP contribution in [0.15, 0.2) is 35.4 Å². The second-order valence-corrected chi connectivity index (χ2v) is 6.29. The predicted molar refractivity (Wildman–Crippen MR) is 77.5 cm³/mol. The lowest BCUT2D eigenvalue weighted by molar-refractivity contribution is 0.581. The summed E-state index contributed by atoms with van der Waals surface area (Å²) in [7, 11) is -3.53. The summed E-state index contributed by atoms with van der Waals surface area (Å²) in [5.41, 5.74) is 7.36. The number of rotatable bonds is 6. The number of nitrogens with zero attached hydrogens (tertiary/aromatic N) is 1. The zero-order valence-electron chi connectivity index (χ0n) is 11.3. The lowest BCUT2D eigenvalue weighted by Crippen LogP contribution is -2.23. The van der Waals surface area contributed by atoms with Gasteiger partial charge in [-0.15, -0.1) is 0 Å². The van der Waals surface area contributed by atoms with Crippen LogP contribution in [0.3, 0.4) is 0 Å². The van der Waals surface area contributed by atoms with Crippen LogP contribution >= 0.6 is 0 Å². The Balaban J connectivity index is 2.08. The maximum Gasteiger partial charge on any atom is 0.240 e. The van der Waals surface area contributed by atoms with Crippen LogP contribution in [-0.2, 0) is 23.0 Å². The number of aryl methyl sites for hydroxylation is 1. The van der Waals surface area contributed by atoms with Crippen molar-refractivity contribution in [3.63, 3.8) is 0 Å². The van der Waals surface area contributed by atoms with E-state index < -0.39 is 10.0 Å². The van der Waals surface area contributed by atoms with E-state index in [2.05, 4.69) is 21.8 Å². The quantitative estimate of drug-likeness (QED) is 0.750. The van der Waals surface area contributed by atoms with E-state index in [-0.39, 0.29) is 11.4 Å². The zero-order chi connectivity index (χ0) is 14.6.